The molecule has 9 heteroatoms. The van der Waals surface area contributed by atoms with Crippen LogP contribution in [0.3, 0.4) is 0 Å². The largest absolute Gasteiger partial charge is 0.273 e. The minimum absolute atomic E-state index is 0.0657. The molecule has 0 saturated heterocycles. The number of aryl methyl sites for hydroxylation is 2. The molecular weight excluding hydrogens is 440 g/mol. The molecule has 0 fully saturated rings. The Balaban J connectivity index is 2.17. The number of nitro groups is 1. The maximum atomic E-state index is 13.5. The van der Waals surface area contributed by atoms with Crippen LogP contribution in [0.15, 0.2) is 71.6 Å². The molecule has 0 aliphatic carbocycles. The highest BCUT2D eigenvalue weighted by atomic mass is 35.5. The third-order valence-corrected chi connectivity index (χ3v) is 6.75. The zero-order chi connectivity index (χ0) is 22.8. The van der Waals surface area contributed by atoms with Crippen LogP contribution < -0.4 is 4.31 Å². The zero-order valence-electron chi connectivity index (χ0n) is 16.8. The van der Waals surface area contributed by atoms with Gasteiger partial charge in [-0.3, -0.25) is 14.9 Å². The summed E-state index contributed by atoms with van der Waals surface area (Å²) in [6, 6.07) is 15.9. The second-order valence-corrected chi connectivity index (χ2v) is 9.02. The summed E-state index contributed by atoms with van der Waals surface area (Å²) < 4.78 is 27.6. The van der Waals surface area contributed by atoms with Crippen LogP contribution in [-0.2, 0) is 16.4 Å². The molecule has 3 aromatic carbocycles. The number of sulfonamides is 1. The number of carbonyl (C=O) groups excluding carboxylic acids is 1. The van der Waals surface area contributed by atoms with Gasteiger partial charge >= 0.3 is 0 Å². The van der Waals surface area contributed by atoms with Gasteiger partial charge in [0.15, 0.2) is 0 Å². The third-order valence-electron chi connectivity index (χ3n) is 4.72. The van der Waals surface area contributed by atoms with Crippen molar-refractivity contribution in [3.05, 3.63) is 98.6 Å². The number of non-ortho nitro benzene ring substituents is 1. The van der Waals surface area contributed by atoms with E-state index in [9.17, 15) is 23.3 Å². The van der Waals surface area contributed by atoms with Crippen LogP contribution in [0.2, 0.25) is 5.02 Å². The number of carbonyl (C=O) groups is 1. The predicted molar refractivity (Wildman–Crippen MR) is 119 cm³/mol. The summed E-state index contributed by atoms with van der Waals surface area (Å²) in [6.07, 6.45) is 0.743. The van der Waals surface area contributed by atoms with Crippen molar-refractivity contribution in [3.63, 3.8) is 0 Å². The average Bonchev–Trinajstić information content (AvgIpc) is 2.74. The van der Waals surface area contributed by atoms with Crippen LogP contribution >= 0.6 is 11.6 Å². The molecule has 0 radical (unpaired) electrons. The molecule has 0 aliphatic rings. The van der Waals surface area contributed by atoms with Gasteiger partial charge in [0.1, 0.15) is 0 Å². The molecule has 0 atom stereocenters. The topological polar surface area (TPSA) is 97.6 Å². The van der Waals surface area contributed by atoms with E-state index in [1.54, 1.807) is 36.4 Å². The van der Waals surface area contributed by atoms with Crippen LogP contribution in [0.5, 0.6) is 0 Å². The molecule has 0 unspecified atom stereocenters. The van der Waals surface area contributed by atoms with E-state index in [1.165, 1.54) is 12.1 Å². The van der Waals surface area contributed by atoms with Crippen LogP contribution in [0, 0.1) is 17.0 Å². The summed E-state index contributed by atoms with van der Waals surface area (Å²) in [7, 11) is -4.29. The standard InChI is InChI=1S/C22H19ClN2O5S/c1-3-16-6-8-17(9-7-16)24(31(29,30)19-11-4-15(2)5-12-19)22(26)20-13-10-18(25(27)28)14-21(20)23/h4-14H,3H2,1-2H3. The van der Waals surface area contributed by atoms with Crippen molar-refractivity contribution in [1.82, 2.24) is 0 Å². The normalized spacial score (nSPS) is 11.2. The first-order valence-corrected chi connectivity index (χ1v) is 11.2. The quantitative estimate of drug-likeness (QED) is 0.375. The van der Waals surface area contributed by atoms with Crippen LogP contribution in [0.25, 0.3) is 0 Å². The van der Waals surface area contributed by atoms with Gasteiger partial charge in [0.05, 0.1) is 26.1 Å². The molecule has 7 nitrogen and oxygen atoms in total. The van der Waals surface area contributed by atoms with E-state index in [2.05, 4.69) is 0 Å². The molecule has 0 bridgehead atoms. The van der Waals surface area contributed by atoms with Crippen molar-refractivity contribution < 1.29 is 18.1 Å². The Kier molecular flexibility index (Phi) is 6.42. The fraction of sp³-hybridized carbons (Fsp3) is 0.136. The Morgan fingerprint density at radius 2 is 1.65 bits per heavy atom. The first-order chi connectivity index (χ1) is 14.6. The monoisotopic (exact) mass is 458 g/mol. The lowest BCUT2D eigenvalue weighted by atomic mass is 10.1. The van der Waals surface area contributed by atoms with Crippen molar-refractivity contribution >= 4 is 38.9 Å². The van der Waals surface area contributed by atoms with E-state index in [-0.39, 0.29) is 26.9 Å². The molecule has 0 N–H and O–H groups in total. The van der Waals surface area contributed by atoms with Gasteiger partial charge < -0.3 is 0 Å². The van der Waals surface area contributed by atoms with Crippen molar-refractivity contribution in [3.8, 4) is 0 Å². The van der Waals surface area contributed by atoms with E-state index in [0.29, 0.717) is 4.31 Å². The highest BCUT2D eigenvalue weighted by Crippen LogP contribution is 2.30. The van der Waals surface area contributed by atoms with Gasteiger partial charge in [-0.2, -0.15) is 4.31 Å². The lowest BCUT2D eigenvalue weighted by Gasteiger charge is -2.23. The Morgan fingerprint density at radius 3 is 2.16 bits per heavy atom. The number of hydrogen-bond acceptors (Lipinski definition) is 5. The Bertz CT molecular complexity index is 1240. The lowest BCUT2D eigenvalue weighted by molar-refractivity contribution is -0.384. The fourth-order valence-corrected chi connectivity index (χ4v) is 4.61. The first-order valence-electron chi connectivity index (χ1n) is 9.34. The first kappa shape index (κ1) is 22.5. The number of nitrogens with zero attached hydrogens (tertiary/aromatic N) is 2. The molecule has 0 heterocycles. The van der Waals surface area contributed by atoms with E-state index in [0.717, 1.165) is 35.7 Å². The summed E-state index contributed by atoms with van der Waals surface area (Å²) in [5.41, 5.74) is 1.50. The molecule has 0 saturated carbocycles. The third kappa shape index (κ3) is 4.60. The summed E-state index contributed by atoms with van der Waals surface area (Å²) >= 11 is 6.12. The van der Waals surface area contributed by atoms with Crippen molar-refractivity contribution in [1.29, 1.82) is 0 Å². The molecule has 160 valence electrons. The number of benzene rings is 3. The van der Waals surface area contributed by atoms with Gasteiger partial charge in [0.2, 0.25) is 0 Å². The number of nitro benzene ring substituents is 1. The van der Waals surface area contributed by atoms with E-state index < -0.39 is 20.9 Å². The highest BCUT2D eigenvalue weighted by Gasteiger charge is 2.33. The fourth-order valence-electron chi connectivity index (χ4n) is 2.95. The smallest absolute Gasteiger partial charge is 0.268 e. The highest BCUT2D eigenvalue weighted by molar-refractivity contribution is 7.93. The van der Waals surface area contributed by atoms with Gasteiger partial charge in [-0.05, 0) is 49.2 Å². The van der Waals surface area contributed by atoms with Crippen molar-refractivity contribution in [2.24, 2.45) is 0 Å². The summed E-state index contributed by atoms with van der Waals surface area (Å²) in [4.78, 5) is 23.6. The predicted octanol–water partition coefficient (Wildman–Crippen LogP) is 5.15. The van der Waals surface area contributed by atoms with Crippen LogP contribution in [0.4, 0.5) is 11.4 Å². The van der Waals surface area contributed by atoms with E-state index in [1.807, 2.05) is 13.8 Å². The van der Waals surface area contributed by atoms with Gasteiger partial charge in [0, 0.05) is 12.1 Å². The molecule has 1 amide bonds. The van der Waals surface area contributed by atoms with Crippen molar-refractivity contribution in [2.75, 3.05) is 4.31 Å². The Labute approximate surface area is 185 Å². The zero-order valence-corrected chi connectivity index (χ0v) is 18.4. The number of halogens is 1. The maximum Gasteiger partial charge on any atom is 0.273 e. The SMILES string of the molecule is CCc1ccc(N(C(=O)c2ccc([N+](=O)[O-])cc2Cl)S(=O)(=O)c2ccc(C)cc2)cc1. The Morgan fingerprint density at radius 1 is 1.03 bits per heavy atom. The Hall–Kier alpha value is -3.23. The molecular formula is C22H19ClN2O5S. The molecule has 3 rings (SSSR count). The molecule has 3 aromatic rings. The summed E-state index contributed by atoms with van der Waals surface area (Å²) in [6.45, 7) is 3.77. The van der Waals surface area contributed by atoms with E-state index >= 15 is 0 Å². The van der Waals surface area contributed by atoms with Crippen LogP contribution in [0.1, 0.15) is 28.4 Å². The maximum absolute atomic E-state index is 13.5. The van der Waals surface area contributed by atoms with Gasteiger partial charge in [-0.1, -0.05) is 48.4 Å². The summed E-state index contributed by atoms with van der Waals surface area (Å²) in [5, 5.41) is 10.8. The number of anilines is 1. The van der Waals surface area contributed by atoms with E-state index in [4.69, 9.17) is 11.6 Å². The van der Waals surface area contributed by atoms with Gasteiger partial charge in [-0.15, -0.1) is 0 Å². The molecule has 0 aromatic heterocycles. The number of amides is 1. The molecule has 0 aliphatic heterocycles. The van der Waals surface area contributed by atoms with Crippen molar-refractivity contribution in [2.45, 2.75) is 25.2 Å². The molecule has 0 spiro atoms. The second-order valence-electron chi connectivity index (χ2n) is 6.83. The minimum atomic E-state index is -4.29. The van der Waals surface area contributed by atoms with Gasteiger partial charge in [0.25, 0.3) is 21.6 Å². The minimum Gasteiger partial charge on any atom is -0.268 e. The lowest BCUT2D eigenvalue weighted by Crippen LogP contribution is -2.37. The number of hydrogen-bond donors (Lipinski definition) is 0. The van der Waals surface area contributed by atoms with Crippen LogP contribution in [-0.4, -0.2) is 19.2 Å². The average molecular weight is 459 g/mol. The number of rotatable bonds is 6. The van der Waals surface area contributed by atoms with Gasteiger partial charge in [-0.25, -0.2) is 8.42 Å². The second kappa shape index (κ2) is 8.87. The molecule has 31 heavy (non-hydrogen) atoms. The summed E-state index contributed by atoms with van der Waals surface area (Å²) in [5.74, 6) is -0.912.